The lowest BCUT2D eigenvalue weighted by Crippen LogP contribution is -2.41. The molecule has 0 saturated carbocycles. The van der Waals surface area contributed by atoms with Crippen molar-refractivity contribution < 1.29 is 4.79 Å². The van der Waals surface area contributed by atoms with Crippen LogP contribution in [0.2, 0.25) is 0 Å². The third-order valence-electron chi connectivity index (χ3n) is 4.70. The molecule has 5 nitrogen and oxygen atoms in total. The Morgan fingerprint density at radius 1 is 1.57 bits per heavy atom. The predicted molar refractivity (Wildman–Crippen MR) is 92.9 cm³/mol. The third-order valence-corrected chi connectivity index (χ3v) is 5.41. The van der Waals surface area contributed by atoms with Crippen LogP contribution in [-0.4, -0.2) is 34.2 Å². The number of aryl methyl sites for hydroxylation is 2. The van der Waals surface area contributed by atoms with Crippen LogP contribution in [0.1, 0.15) is 54.2 Å². The number of H-pyrrole nitrogens is 1. The van der Waals surface area contributed by atoms with Gasteiger partial charge in [0.15, 0.2) is 0 Å². The highest BCUT2D eigenvalue weighted by Gasteiger charge is 2.33. The molecule has 1 saturated heterocycles. The van der Waals surface area contributed by atoms with E-state index in [1.165, 1.54) is 11.1 Å². The van der Waals surface area contributed by atoms with Crippen LogP contribution in [0.3, 0.4) is 0 Å². The van der Waals surface area contributed by atoms with Gasteiger partial charge in [0.1, 0.15) is 0 Å². The van der Waals surface area contributed by atoms with Crippen molar-refractivity contribution in [1.82, 2.24) is 20.4 Å². The summed E-state index contributed by atoms with van der Waals surface area (Å²) in [5, 5.41) is 14.6. The molecular formula is C17H24N4OS. The van der Waals surface area contributed by atoms with Gasteiger partial charge < -0.3 is 10.2 Å². The number of rotatable bonds is 4. The van der Waals surface area contributed by atoms with E-state index in [2.05, 4.69) is 39.3 Å². The first-order valence-corrected chi connectivity index (χ1v) is 9.10. The van der Waals surface area contributed by atoms with Gasteiger partial charge in [-0.15, -0.1) is 0 Å². The van der Waals surface area contributed by atoms with E-state index in [1.54, 1.807) is 11.3 Å². The topological polar surface area (TPSA) is 61.0 Å². The maximum atomic E-state index is 12.6. The highest BCUT2D eigenvalue weighted by Crippen LogP contribution is 2.34. The van der Waals surface area contributed by atoms with Crippen LogP contribution in [0, 0.1) is 13.8 Å². The SMILES string of the molecule is Cc1n[nH]c(C)c1[C@H]1CCCN1C(=O)NC[C@@H](C)c1ccsc1. The Morgan fingerprint density at radius 2 is 2.39 bits per heavy atom. The Balaban J connectivity index is 1.64. The van der Waals surface area contributed by atoms with Crippen LogP contribution >= 0.6 is 11.3 Å². The van der Waals surface area contributed by atoms with Gasteiger partial charge in [-0.2, -0.15) is 16.4 Å². The van der Waals surface area contributed by atoms with Gasteiger partial charge in [0, 0.05) is 24.3 Å². The van der Waals surface area contributed by atoms with E-state index in [9.17, 15) is 4.79 Å². The number of nitrogens with one attached hydrogen (secondary N) is 2. The van der Waals surface area contributed by atoms with Gasteiger partial charge >= 0.3 is 6.03 Å². The molecule has 0 radical (unpaired) electrons. The number of thiophene rings is 1. The zero-order valence-corrected chi connectivity index (χ0v) is 14.7. The molecule has 2 aromatic rings. The second-order valence-electron chi connectivity index (χ2n) is 6.34. The highest BCUT2D eigenvalue weighted by molar-refractivity contribution is 7.07. The van der Waals surface area contributed by atoms with Crippen LogP contribution in [0.5, 0.6) is 0 Å². The van der Waals surface area contributed by atoms with E-state index < -0.39 is 0 Å². The zero-order chi connectivity index (χ0) is 16.4. The number of hydrogen-bond donors (Lipinski definition) is 2. The first kappa shape index (κ1) is 16.1. The van der Waals surface area contributed by atoms with Gasteiger partial charge in [-0.3, -0.25) is 5.10 Å². The van der Waals surface area contributed by atoms with Crippen molar-refractivity contribution >= 4 is 17.4 Å². The van der Waals surface area contributed by atoms with Gasteiger partial charge in [-0.25, -0.2) is 4.79 Å². The van der Waals surface area contributed by atoms with Crippen molar-refractivity contribution in [3.63, 3.8) is 0 Å². The molecular weight excluding hydrogens is 308 g/mol. The van der Waals surface area contributed by atoms with Crippen LogP contribution in [0.15, 0.2) is 16.8 Å². The molecule has 2 N–H and O–H groups in total. The lowest BCUT2D eigenvalue weighted by Gasteiger charge is -2.26. The van der Waals surface area contributed by atoms with Crippen LogP contribution in [0.4, 0.5) is 4.79 Å². The smallest absolute Gasteiger partial charge is 0.317 e. The molecule has 2 aromatic heterocycles. The van der Waals surface area contributed by atoms with Gasteiger partial charge in [0.05, 0.1) is 11.7 Å². The number of carbonyl (C=O) groups is 1. The largest absolute Gasteiger partial charge is 0.337 e. The Morgan fingerprint density at radius 3 is 3.04 bits per heavy atom. The van der Waals surface area contributed by atoms with E-state index in [-0.39, 0.29) is 12.1 Å². The van der Waals surface area contributed by atoms with Crippen molar-refractivity contribution in [2.24, 2.45) is 0 Å². The summed E-state index contributed by atoms with van der Waals surface area (Å²) in [6.07, 6.45) is 2.05. The number of aromatic amines is 1. The zero-order valence-electron chi connectivity index (χ0n) is 13.9. The number of amides is 2. The van der Waals surface area contributed by atoms with Crippen molar-refractivity contribution in [3.8, 4) is 0 Å². The average Bonchev–Trinajstić information content (AvgIpc) is 3.25. The molecule has 3 heterocycles. The number of aromatic nitrogens is 2. The van der Waals surface area contributed by atoms with Crippen molar-refractivity contribution in [1.29, 1.82) is 0 Å². The fraction of sp³-hybridized carbons (Fsp3) is 0.529. The molecule has 1 aliphatic heterocycles. The average molecular weight is 332 g/mol. The molecule has 0 unspecified atom stereocenters. The van der Waals surface area contributed by atoms with Crippen molar-refractivity contribution in [3.05, 3.63) is 39.3 Å². The van der Waals surface area contributed by atoms with Crippen LogP contribution < -0.4 is 5.32 Å². The van der Waals surface area contributed by atoms with E-state index >= 15 is 0 Å². The molecule has 3 rings (SSSR count). The molecule has 2 amide bonds. The molecule has 0 spiro atoms. The normalized spacial score (nSPS) is 19.1. The van der Waals surface area contributed by atoms with Crippen molar-refractivity contribution in [2.45, 2.75) is 45.6 Å². The number of likely N-dealkylation sites (tertiary alicyclic amines) is 1. The lowest BCUT2D eigenvalue weighted by molar-refractivity contribution is 0.192. The van der Waals surface area contributed by atoms with Gasteiger partial charge in [-0.1, -0.05) is 6.92 Å². The molecule has 23 heavy (non-hydrogen) atoms. The molecule has 6 heteroatoms. The lowest BCUT2D eigenvalue weighted by atomic mass is 10.0. The Bertz CT molecular complexity index is 645. The van der Waals surface area contributed by atoms with Crippen molar-refractivity contribution in [2.75, 3.05) is 13.1 Å². The first-order chi connectivity index (χ1) is 11.1. The fourth-order valence-corrected chi connectivity index (χ4v) is 4.16. The predicted octanol–water partition coefficient (Wildman–Crippen LogP) is 3.74. The molecule has 124 valence electrons. The molecule has 1 aliphatic rings. The summed E-state index contributed by atoms with van der Waals surface area (Å²) >= 11 is 1.70. The summed E-state index contributed by atoms with van der Waals surface area (Å²) in [7, 11) is 0. The fourth-order valence-electron chi connectivity index (χ4n) is 3.38. The first-order valence-electron chi connectivity index (χ1n) is 8.16. The quantitative estimate of drug-likeness (QED) is 0.896. The highest BCUT2D eigenvalue weighted by atomic mass is 32.1. The van der Waals surface area contributed by atoms with Crippen LogP contribution in [-0.2, 0) is 0 Å². The molecule has 0 aliphatic carbocycles. The molecule has 1 fully saturated rings. The summed E-state index contributed by atoms with van der Waals surface area (Å²) in [6, 6.07) is 2.30. The minimum atomic E-state index is 0.0366. The third kappa shape index (κ3) is 3.27. The van der Waals surface area contributed by atoms with E-state index in [0.29, 0.717) is 12.5 Å². The van der Waals surface area contributed by atoms with E-state index in [1.807, 2.05) is 18.7 Å². The summed E-state index contributed by atoms with van der Waals surface area (Å²) < 4.78 is 0. The number of nitrogens with zero attached hydrogens (tertiary/aromatic N) is 2. The second kappa shape index (κ2) is 6.74. The second-order valence-corrected chi connectivity index (χ2v) is 7.12. The monoisotopic (exact) mass is 332 g/mol. The maximum absolute atomic E-state index is 12.6. The Hall–Kier alpha value is -1.82. The molecule has 0 bridgehead atoms. The molecule has 0 aromatic carbocycles. The van der Waals surface area contributed by atoms with Crippen LogP contribution in [0.25, 0.3) is 0 Å². The van der Waals surface area contributed by atoms with E-state index in [0.717, 1.165) is 30.8 Å². The van der Waals surface area contributed by atoms with Gasteiger partial charge in [0.2, 0.25) is 0 Å². The van der Waals surface area contributed by atoms with Gasteiger partial charge in [0.25, 0.3) is 0 Å². The summed E-state index contributed by atoms with van der Waals surface area (Å²) in [5.41, 5.74) is 4.54. The number of urea groups is 1. The Labute approximate surface area is 141 Å². The molecule has 2 atom stereocenters. The standard InChI is InChI=1S/C17H24N4OS/c1-11(14-6-8-23-10-14)9-18-17(22)21-7-4-5-15(21)16-12(2)19-20-13(16)3/h6,8,10-11,15H,4-5,7,9H2,1-3H3,(H,18,22)(H,19,20)/t11-,15-/m1/s1. The summed E-state index contributed by atoms with van der Waals surface area (Å²) in [4.78, 5) is 14.6. The summed E-state index contributed by atoms with van der Waals surface area (Å²) in [5.74, 6) is 0.337. The summed E-state index contributed by atoms with van der Waals surface area (Å²) in [6.45, 7) is 7.66. The Kier molecular flexibility index (Phi) is 4.71. The van der Waals surface area contributed by atoms with E-state index in [4.69, 9.17) is 0 Å². The minimum absolute atomic E-state index is 0.0366. The number of carbonyl (C=O) groups excluding carboxylic acids is 1. The number of hydrogen-bond acceptors (Lipinski definition) is 3. The van der Waals surface area contributed by atoms with Gasteiger partial charge in [-0.05, 0) is 55.0 Å². The minimum Gasteiger partial charge on any atom is -0.337 e. The maximum Gasteiger partial charge on any atom is 0.317 e.